The maximum absolute atomic E-state index is 5.96. The lowest BCUT2D eigenvalue weighted by Crippen LogP contribution is -2.21. The van der Waals surface area contributed by atoms with Gasteiger partial charge in [0.05, 0.1) is 0 Å². The van der Waals surface area contributed by atoms with Crippen molar-refractivity contribution in [2.24, 2.45) is 0 Å². The van der Waals surface area contributed by atoms with Crippen molar-refractivity contribution in [2.75, 3.05) is 28.6 Å². The topological polar surface area (TPSA) is 66.0 Å². The number of aromatic nitrogens is 3. The third-order valence-corrected chi connectivity index (χ3v) is 4.39. The Kier molecular flexibility index (Phi) is 6.32. The first kappa shape index (κ1) is 19.2. The summed E-state index contributed by atoms with van der Waals surface area (Å²) in [5.74, 6) is 1.71. The van der Waals surface area contributed by atoms with Crippen molar-refractivity contribution in [1.29, 1.82) is 0 Å². The third kappa shape index (κ3) is 4.99. The minimum absolute atomic E-state index is 0. The second-order valence-electron chi connectivity index (χ2n) is 6.10. The normalized spacial score (nSPS) is 13.1. The highest BCUT2D eigenvalue weighted by molar-refractivity contribution is 6.30. The van der Waals surface area contributed by atoms with Crippen LogP contribution in [0.25, 0.3) is 0 Å². The van der Waals surface area contributed by atoms with Gasteiger partial charge in [0.2, 0.25) is 17.8 Å². The molecule has 0 unspecified atom stereocenters. The van der Waals surface area contributed by atoms with Gasteiger partial charge in [-0.25, -0.2) is 0 Å². The average Bonchev–Trinajstić information content (AvgIpc) is 3.19. The van der Waals surface area contributed by atoms with Crippen LogP contribution in [0.5, 0.6) is 0 Å². The summed E-state index contributed by atoms with van der Waals surface area (Å²) in [6.07, 6.45) is 2.32. The van der Waals surface area contributed by atoms with E-state index in [0.717, 1.165) is 37.3 Å². The Morgan fingerprint density at radius 2 is 1.30 bits per heavy atom. The molecule has 0 atom stereocenters. The smallest absolute Gasteiger partial charge is 0.233 e. The Balaban J connectivity index is 0.00000210. The predicted octanol–water partition coefficient (Wildman–Crippen LogP) is 5.03. The molecule has 1 saturated heterocycles. The van der Waals surface area contributed by atoms with Crippen LogP contribution in [0.1, 0.15) is 12.8 Å². The zero-order chi connectivity index (χ0) is 17.8. The van der Waals surface area contributed by atoms with E-state index in [9.17, 15) is 0 Å². The highest BCUT2D eigenvalue weighted by Crippen LogP contribution is 2.23. The minimum atomic E-state index is 0. The molecule has 1 aliphatic rings. The summed E-state index contributed by atoms with van der Waals surface area (Å²) in [6.45, 7) is 1.93. The first-order chi connectivity index (χ1) is 12.8. The van der Waals surface area contributed by atoms with Gasteiger partial charge < -0.3 is 15.5 Å². The molecule has 6 nitrogen and oxygen atoms in total. The Bertz CT molecular complexity index is 867. The fourth-order valence-electron chi connectivity index (χ4n) is 2.85. The average molecular weight is 403 g/mol. The zero-order valence-electron chi connectivity index (χ0n) is 14.6. The van der Waals surface area contributed by atoms with Gasteiger partial charge in [0.15, 0.2) is 0 Å². The van der Waals surface area contributed by atoms with Gasteiger partial charge in [-0.15, -0.1) is 12.4 Å². The van der Waals surface area contributed by atoms with E-state index in [2.05, 4.69) is 30.5 Å². The number of anilines is 5. The Morgan fingerprint density at radius 1 is 0.741 bits per heavy atom. The highest BCUT2D eigenvalue weighted by atomic mass is 35.5. The molecule has 140 valence electrons. The third-order valence-electron chi connectivity index (χ3n) is 4.14. The molecule has 3 aromatic rings. The van der Waals surface area contributed by atoms with Crippen molar-refractivity contribution in [3.63, 3.8) is 0 Å². The number of para-hydroxylation sites is 1. The van der Waals surface area contributed by atoms with E-state index in [-0.39, 0.29) is 12.4 Å². The Labute approximate surface area is 169 Å². The Morgan fingerprint density at radius 3 is 1.89 bits per heavy atom. The van der Waals surface area contributed by atoms with E-state index in [0.29, 0.717) is 22.9 Å². The molecule has 27 heavy (non-hydrogen) atoms. The first-order valence-electron chi connectivity index (χ1n) is 8.62. The standard InChI is InChI=1S/C19H19ClN6.ClH/c20-14-8-10-16(11-9-14)22-18-23-17(21-15-6-2-1-3-7-15)24-19(25-18)26-12-4-5-13-26;/h1-3,6-11H,4-5,12-13H2,(H2,21,22,23,24,25);1H. The molecular weight excluding hydrogens is 383 g/mol. The van der Waals surface area contributed by atoms with E-state index in [1.54, 1.807) is 0 Å². The molecule has 2 N–H and O–H groups in total. The molecule has 0 aliphatic carbocycles. The number of halogens is 2. The fourth-order valence-corrected chi connectivity index (χ4v) is 2.97. The second kappa shape index (κ2) is 8.88. The molecule has 0 radical (unpaired) electrons. The van der Waals surface area contributed by atoms with E-state index in [1.807, 2.05) is 54.6 Å². The lowest BCUT2D eigenvalue weighted by atomic mass is 10.3. The van der Waals surface area contributed by atoms with Crippen LogP contribution in [0.3, 0.4) is 0 Å². The van der Waals surface area contributed by atoms with Crippen molar-refractivity contribution < 1.29 is 0 Å². The molecule has 1 aliphatic heterocycles. The fraction of sp³-hybridized carbons (Fsp3) is 0.211. The highest BCUT2D eigenvalue weighted by Gasteiger charge is 2.17. The molecule has 2 aromatic carbocycles. The largest absolute Gasteiger partial charge is 0.341 e. The number of benzene rings is 2. The van der Waals surface area contributed by atoms with Gasteiger partial charge in [0.1, 0.15) is 0 Å². The van der Waals surface area contributed by atoms with Crippen LogP contribution < -0.4 is 15.5 Å². The second-order valence-corrected chi connectivity index (χ2v) is 6.54. The molecule has 0 spiro atoms. The van der Waals surface area contributed by atoms with Gasteiger partial charge in [-0.2, -0.15) is 15.0 Å². The van der Waals surface area contributed by atoms with E-state index in [4.69, 9.17) is 11.6 Å². The van der Waals surface area contributed by atoms with Gasteiger partial charge in [-0.05, 0) is 49.2 Å². The number of hydrogen-bond donors (Lipinski definition) is 2. The van der Waals surface area contributed by atoms with Gasteiger partial charge >= 0.3 is 0 Å². The summed E-state index contributed by atoms with van der Waals surface area (Å²) >= 11 is 5.96. The van der Waals surface area contributed by atoms with Crippen molar-refractivity contribution >= 4 is 53.2 Å². The summed E-state index contributed by atoms with van der Waals surface area (Å²) in [4.78, 5) is 15.9. The molecular formula is C19H20Cl2N6. The van der Waals surface area contributed by atoms with Gasteiger partial charge in [0.25, 0.3) is 0 Å². The van der Waals surface area contributed by atoms with E-state index >= 15 is 0 Å². The van der Waals surface area contributed by atoms with Crippen LogP contribution in [-0.4, -0.2) is 28.0 Å². The van der Waals surface area contributed by atoms with Crippen molar-refractivity contribution in [3.8, 4) is 0 Å². The van der Waals surface area contributed by atoms with Gasteiger partial charge in [-0.1, -0.05) is 29.8 Å². The number of hydrogen-bond acceptors (Lipinski definition) is 6. The van der Waals surface area contributed by atoms with Crippen molar-refractivity contribution in [1.82, 2.24) is 15.0 Å². The quantitative estimate of drug-likeness (QED) is 0.623. The van der Waals surface area contributed by atoms with Gasteiger partial charge in [0, 0.05) is 29.5 Å². The molecule has 0 bridgehead atoms. The predicted molar refractivity (Wildman–Crippen MR) is 113 cm³/mol. The van der Waals surface area contributed by atoms with Gasteiger partial charge in [-0.3, -0.25) is 0 Å². The maximum Gasteiger partial charge on any atom is 0.233 e. The van der Waals surface area contributed by atoms with Crippen LogP contribution in [0, 0.1) is 0 Å². The lowest BCUT2D eigenvalue weighted by molar-refractivity contribution is 0.886. The summed E-state index contributed by atoms with van der Waals surface area (Å²) in [7, 11) is 0. The van der Waals surface area contributed by atoms with Crippen molar-refractivity contribution in [2.45, 2.75) is 12.8 Å². The van der Waals surface area contributed by atoms with Crippen LogP contribution in [0.4, 0.5) is 29.2 Å². The lowest BCUT2D eigenvalue weighted by Gasteiger charge is -2.17. The zero-order valence-corrected chi connectivity index (χ0v) is 16.2. The number of nitrogens with zero attached hydrogens (tertiary/aromatic N) is 4. The van der Waals surface area contributed by atoms with Crippen LogP contribution >= 0.6 is 24.0 Å². The van der Waals surface area contributed by atoms with Crippen LogP contribution in [0.15, 0.2) is 54.6 Å². The molecule has 2 heterocycles. The first-order valence-corrected chi connectivity index (χ1v) is 9.00. The Hall–Kier alpha value is -2.57. The molecule has 1 aromatic heterocycles. The molecule has 0 saturated carbocycles. The maximum atomic E-state index is 5.96. The van der Waals surface area contributed by atoms with Crippen LogP contribution in [0.2, 0.25) is 5.02 Å². The molecule has 8 heteroatoms. The summed E-state index contributed by atoms with van der Waals surface area (Å²) in [5.41, 5.74) is 1.81. The SMILES string of the molecule is Cl.Clc1ccc(Nc2nc(Nc3ccccc3)nc(N3CCCC3)n2)cc1. The summed E-state index contributed by atoms with van der Waals surface area (Å²) in [5, 5.41) is 7.18. The number of rotatable bonds is 5. The van der Waals surface area contributed by atoms with Crippen molar-refractivity contribution in [3.05, 3.63) is 59.6 Å². The summed E-state index contributed by atoms with van der Waals surface area (Å²) in [6, 6.07) is 17.3. The van der Waals surface area contributed by atoms with Crippen LogP contribution in [-0.2, 0) is 0 Å². The van der Waals surface area contributed by atoms with E-state index in [1.165, 1.54) is 0 Å². The molecule has 0 amide bonds. The molecule has 4 rings (SSSR count). The van der Waals surface area contributed by atoms with E-state index < -0.39 is 0 Å². The summed E-state index contributed by atoms with van der Waals surface area (Å²) < 4.78 is 0. The minimum Gasteiger partial charge on any atom is -0.341 e. The molecule has 1 fully saturated rings. The number of nitrogens with one attached hydrogen (secondary N) is 2. The monoisotopic (exact) mass is 402 g/mol.